The number of nitrogens with zero attached hydrogens (tertiary/aromatic N) is 3. The summed E-state index contributed by atoms with van der Waals surface area (Å²) in [6.45, 7) is 0. The zero-order valence-corrected chi connectivity index (χ0v) is 14.1. The van der Waals surface area contributed by atoms with Gasteiger partial charge in [-0.3, -0.25) is 3.93 Å². The summed E-state index contributed by atoms with van der Waals surface area (Å²) in [5, 5.41) is 0.874. The number of hydrogen-bond donors (Lipinski definition) is 1. The lowest BCUT2D eigenvalue weighted by molar-refractivity contribution is 0.582. The van der Waals surface area contributed by atoms with Crippen LogP contribution in [0.2, 0.25) is 0 Å². The largest absolute Gasteiger partial charge is 0.464 e. The fraction of sp³-hybridized carbons (Fsp3) is 0. The van der Waals surface area contributed by atoms with Crippen LogP contribution in [0.4, 0.5) is 17.5 Å². The van der Waals surface area contributed by atoms with E-state index < -0.39 is 0 Å². The van der Waals surface area contributed by atoms with Crippen molar-refractivity contribution in [1.29, 1.82) is 0 Å². The molecule has 0 aliphatic heterocycles. The second-order valence-electron chi connectivity index (χ2n) is 5.23. The smallest absolute Gasteiger partial charge is 0.222 e. The highest BCUT2D eigenvalue weighted by molar-refractivity contribution is 9.10. The first-order valence-electron chi connectivity index (χ1n) is 7.34. The molecule has 2 aromatic heterocycles. The molecule has 0 amide bonds. The quantitative estimate of drug-likeness (QED) is 0.510. The van der Waals surface area contributed by atoms with E-state index in [0.29, 0.717) is 5.82 Å². The van der Waals surface area contributed by atoms with Gasteiger partial charge >= 0.3 is 0 Å². The molecule has 0 saturated heterocycles. The van der Waals surface area contributed by atoms with Gasteiger partial charge in [-0.1, -0.05) is 18.2 Å². The molecule has 6 heteroatoms. The predicted octanol–water partition coefficient (Wildman–Crippen LogP) is 4.92. The van der Waals surface area contributed by atoms with Gasteiger partial charge in [0.1, 0.15) is 5.76 Å². The molecule has 24 heavy (non-hydrogen) atoms. The summed E-state index contributed by atoms with van der Waals surface area (Å²) in [6.07, 6.45) is 1.65. The van der Waals surface area contributed by atoms with Gasteiger partial charge in [-0.05, 0) is 42.5 Å². The third-order valence-electron chi connectivity index (χ3n) is 3.67. The zero-order chi connectivity index (χ0) is 16.5. The lowest BCUT2D eigenvalue weighted by Gasteiger charge is -2.18. The van der Waals surface area contributed by atoms with Crippen LogP contribution in [0.1, 0.15) is 0 Å². The number of furan rings is 1. The number of aromatic nitrogens is 2. The maximum Gasteiger partial charge on any atom is 0.222 e. The van der Waals surface area contributed by atoms with E-state index in [9.17, 15) is 0 Å². The van der Waals surface area contributed by atoms with Gasteiger partial charge in [-0.2, -0.15) is 4.98 Å². The second-order valence-corrected chi connectivity index (χ2v) is 5.94. The number of rotatable bonds is 3. The van der Waals surface area contributed by atoms with E-state index in [-0.39, 0.29) is 5.95 Å². The van der Waals surface area contributed by atoms with Crippen molar-refractivity contribution in [3.63, 3.8) is 0 Å². The molecule has 0 spiro atoms. The van der Waals surface area contributed by atoms with Crippen LogP contribution >= 0.6 is 16.1 Å². The minimum Gasteiger partial charge on any atom is -0.464 e. The van der Waals surface area contributed by atoms with Crippen molar-refractivity contribution in [2.45, 2.75) is 0 Å². The molecule has 2 aromatic carbocycles. The number of anilines is 3. The third-order valence-corrected chi connectivity index (χ3v) is 4.41. The molecule has 0 saturated carbocycles. The Morgan fingerprint density at radius 2 is 1.79 bits per heavy atom. The molecule has 4 aromatic rings. The number of nitrogens with two attached hydrogens (primary N) is 1. The van der Waals surface area contributed by atoms with E-state index in [0.717, 1.165) is 27.9 Å². The van der Waals surface area contributed by atoms with Crippen LogP contribution in [0.15, 0.2) is 71.3 Å². The van der Waals surface area contributed by atoms with E-state index in [1.54, 1.807) is 6.26 Å². The molecule has 0 unspecified atom stereocenters. The average molecular weight is 381 g/mol. The number of para-hydroxylation sites is 1. The van der Waals surface area contributed by atoms with Crippen LogP contribution < -0.4 is 9.66 Å². The molecule has 0 bridgehead atoms. The maximum atomic E-state index is 5.88. The number of benzene rings is 2. The lowest BCUT2D eigenvalue weighted by Crippen LogP contribution is -2.07. The van der Waals surface area contributed by atoms with Gasteiger partial charge in [0.2, 0.25) is 5.95 Å². The molecule has 2 heterocycles. The first-order chi connectivity index (χ1) is 11.7. The van der Waals surface area contributed by atoms with Gasteiger partial charge < -0.3 is 10.2 Å². The molecule has 118 valence electrons. The minimum atomic E-state index is 0.226. The highest BCUT2D eigenvalue weighted by atomic mass is 79.9. The van der Waals surface area contributed by atoms with E-state index in [2.05, 4.69) is 26.1 Å². The van der Waals surface area contributed by atoms with Crippen molar-refractivity contribution in [1.82, 2.24) is 9.97 Å². The van der Waals surface area contributed by atoms with E-state index in [4.69, 9.17) is 10.2 Å². The number of halogens is 1. The van der Waals surface area contributed by atoms with E-state index in [1.807, 2.05) is 64.6 Å². The molecule has 0 radical (unpaired) electrons. The molecular formula is C18H13BrN4O. The molecule has 0 aliphatic carbocycles. The lowest BCUT2D eigenvalue weighted by atomic mass is 10.1. The summed E-state index contributed by atoms with van der Waals surface area (Å²) < 4.78 is 7.31. The van der Waals surface area contributed by atoms with Gasteiger partial charge in [0.15, 0.2) is 5.82 Å². The fourth-order valence-electron chi connectivity index (χ4n) is 2.56. The van der Waals surface area contributed by atoms with Crippen molar-refractivity contribution < 1.29 is 4.42 Å². The maximum absolute atomic E-state index is 5.88. The Morgan fingerprint density at radius 1 is 0.958 bits per heavy atom. The van der Waals surface area contributed by atoms with Crippen molar-refractivity contribution in [3.05, 3.63) is 66.9 Å². The van der Waals surface area contributed by atoms with Crippen molar-refractivity contribution in [3.8, 4) is 11.3 Å². The Bertz CT molecular complexity index is 987. The highest BCUT2D eigenvalue weighted by Gasteiger charge is 2.15. The number of fused-ring (bicyclic) bond motifs is 1. The normalized spacial score (nSPS) is 10.9. The number of nitrogen functional groups attached to an aromatic ring is 1. The molecule has 0 fully saturated rings. The second kappa shape index (κ2) is 5.98. The van der Waals surface area contributed by atoms with Crippen LogP contribution in [0.5, 0.6) is 0 Å². The van der Waals surface area contributed by atoms with Gasteiger partial charge in [0, 0.05) is 10.9 Å². The Balaban J connectivity index is 1.91. The third kappa shape index (κ3) is 2.61. The van der Waals surface area contributed by atoms with Crippen LogP contribution in [0.3, 0.4) is 0 Å². The van der Waals surface area contributed by atoms with E-state index >= 15 is 0 Å². The van der Waals surface area contributed by atoms with Crippen LogP contribution in [-0.2, 0) is 0 Å². The zero-order valence-electron chi connectivity index (χ0n) is 12.6. The molecular weight excluding hydrogens is 368 g/mol. The minimum absolute atomic E-state index is 0.226. The number of hydrogen-bond acceptors (Lipinski definition) is 5. The average Bonchev–Trinajstić information content (AvgIpc) is 3.15. The Hall–Kier alpha value is -2.86. The first-order valence-corrected chi connectivity index (χ1v) is 8.05. The summed E-state index contributed by atoms with van der Waals surface area (Å²) in [7, 11) is 0. The van der Waals surface area contributed by atoms with Gasteiger partial charge in [0.05, 0.1) is 33.6 Å². The van der Waals surface area contributed by atoms with Gasteiger partial charge in [0.25, 0.3) is 0 Å². The van der Waals surface area contributed by atoms with Crippen LogP contribution in [-0.4, -0.2) is 9.97 Å². The summed E-state index contributed by atoms with van der Waals surface area (Å²) in [5.74, 6) is 1.70. The molecule has 5 nitrogen and oxygen atoms in total. The van der Waals surface area contributed by atoms with E-state index in [1.165, 1.54) is 0 Å². The van der Waals surface area contributed by atoms with Crippen molar-refractivity contribution >= 4 is 44.5 Å². The van der Waals surface area contributed by atoms with Crippen molar-refractivity contribution in [2.24, 2.45) is 0 Å². The van der Waals surface area contributed by atoms with Gasteiger partial charge in [-0.25, -0.2) is 4.98 Å². The summed E-state index contributed by atoms with van der Waals surface area (Å²) >= 11 is 3.59. The summed E-state index contributed by atoms with van der Waals surface area (Å²) in [5.41, 5.74) is 8.56. The van der Waals surface area contributed by atoms with Crippen LogP contribution in [0.25, 0.3) is 22.2 Å². The first kappa shape index (κ1) is 14.7. The fourth-order valence-corrected chi connectivity index (χ4v) is 3.06. The molecule has 4 rings (SSSR count). The predicted molar refractivity (Wildman–Crippen MR) is 99.2 cm³/mol. The van der Waals surface area contributed by atoms with Crippen LogP contribution in [0, 0.1) is 0 Å². The SMILES string of the molecule is Nc1nc(N(Br)c2ccccc2)c2cc(-c3ccco3)ccc2n1. The molecule has 0 atom stereocenters. The Labute approximate surface area is 147 Å². The Kier molecular flexibility index (Phi) is 3.66. The van der Waals surface area contributed by atoms with Crippen molar-refractivity contribution in [2.75, 3.05) is 9.66 Å². The highest BCUT2D eigenvalue weighted by Crippen LogP contribution is 2.35. The Morgan fingerprint density at radius 3 is 2.54 bits per heavy atom. The summed E-state index contributed by atoms with van der Waals surface area (Å²) in [6, 6.07) is 19.5. The summed E-state index contributed by atoms with van der Waals surface area (Å²) in [4.78, 5) is 8.74. The monoisotopic (exact) mass is 380 g/mol. The molecule has 0 aliphatic rings. The topological polar surface area (TPSA) is 68.2 Å². The van der Waals surface area contributed by atoms with Gasteiger partial charge in [-0.15, -0.1) is 0 Å². The molecule has 2 N–H and O–H groups in total. The standard InChI is InChI=1S/C18H13BrN4O/c19-23(13-5-2-1-3-6-13)17-14-11-12(16-7-4-10-24-16)8-9-15(14)21-18(20)22-17/h1-11H,(H2,20,21,22).